The lowest BCUT2D eigenvalue weighted by atomic mass is 9.84. The Morgan fingerprint density at radius 3 is 2.39 bits per heavy atom. The predicted molar refractivity (Wildman–Crippen MR) is 95.8 cm³/mol. The molecule has 0 unspecified atom stereocenters. The van der Waals surface area contributed by atoms with Gasteiger partial charge in [-0.05, 0) is 23.2 Å². The van der Waals surface area contributed by atoms with Crippen molar-refractivity contribution in [2.75, 3.05) is 11.5 Å². The molecule has 8 N–H and O–H groups in total. The van der Waals surface area contributed by atoms with Crippen molar-refractivity contribution in [3.05, 3.63) is 35.9 Å². The molecule has 0 bridgehead atoms. The molecule has 0 aromatic heterocycles. The maximum Gasteiger partial charge on any atom is 0.451 e. The van der Waals surface area contributed by atoms with Crippen LogP contribution in [0.25, 0.3) is 10.8 Å². The minimum Gasteiger partial charge on any atom is -0.427 e. The van der Waals surface area contributed by atoms with Crippen molar-refractivity contribution >= 4 is 35.2 Å². The van der Waals surface area contributed by atoms with E-state index in [0.29, 0.717) is 17.6 Å². The molecule has 0 aliphatic carbocycles. The van der Waals surface area contributed by atoms with Gasteiger partial charge in [0.1, 0.15) is 0 Å². The zero-order valence-corrected chi connectivity index (χ0v) is 13.3. The summed E-state index contributed by atoms with van der Waals surface area (Å²) >= 11 is 0. The number of primary amides is 1. The Balaban J connectivity index is 0.000000284. The number of amides is 1. The van der Waals surface area contributed by atoms with E-state index in [-0.39, 0.29) is 5.69 Å². The van der Waals surface area contributed by atoms with E-state index in [1.54, 1.807) is 12.1 Å². The Bertz CT molecular complexity index is 662. The Kier molecular flexibility index (Phi) is 7.37. The minimum absolute atomic E-state index is 0.251. The summed E-state index contributed by atoms with van der Waals surface area (Å²) < 4.78 is 0. The van der Waals surface area contributed by atoms with E-state index in [2.05, 4.69) is 6.92 Å². The second-order valence-corrected chi connectivity index (χ2v) is 5.32. The quantitative estimate of drug-likeness (QED) is 0.325. The highest BCUT2D eigenvalue weighted by atomic mass is 16.4. The first-order valence-electron chi connectivity index (χ1n) is 7.61. The maximum atomic E-state index is 11.3. The molecule has 0 fully saturated rings. The van der Waals surface area contributed by atoms with Gasteiger partial charge in [-0.1, -0.05) is 50.5 Å². The van der Waals surface area contributed by atoms with Gasteiger partial charge < -0.3 is 27.2 Å². The summed E-state index contributed by atoms with van der Waals surface area (Å²) in [6.07, 6.45) is 3.67. The van der Waals surface area contributed by atoms with Crippen LogP contribution >= 0.6 is 0 Å². The van der Waals surface area contributed by atoms with Crippen LogP contribution in [0.2, 0.25) is 6.32 Å². The molecule has 1 amide bonds. The van der Waals surface area contributed by atoms with Gasteiger partial charge in [0, 0.05) is 0 Å². The summed E-state index contributed by atoms with van der Waals surface area (Å²) in [7, 11) is -1.10. The third-order valence-corrected chi connectivity index (χ3v) is 3.43. The van der Waals surface area contributed by atoms with E-state index in [1.807, 2.05) is 18.2 Å². The van der Waals surface area contributed by atoms with E-state index < -0.39 is 13.0 Å². The molecule has 124 valence electrons. The van der Waals surface area contributed by atoms with Gasteiger partial charge in [-0.15, -0.1) is 0 Å². The minimum atomic E-state index is -1.10. The van der Waals surface area contributed by atoms with Gasteiger partial charge in [-0.2, -0.15) is 0 Å². The fourth-order valence-corrected chi connectivity index (χ4v) is 2.23. The van der Waals surface area contributed by atoms with Crippen LogP contribution in [-0.4, -0.2) is 23.1 Å². The van der Waals surface area contributed by atoms with Crippen LogP contribution in [0.3, 0.4) is 0 Å². The molecule has 0 atom stereocenters. The Hall–Kier alpha value is -2.25. The van der Waals surface area contributed by atoms with Crippen molar-refractivity contribution in [3.63, 3.8) is 0 Å². The predicted octanol–water partition coefficient (Wildman–Crippen LogP) is 1.75. The number of unbranched alkanes of at least 4 members (excludes halogenated alkanes) is 2. The van der Waals surface area contributed by atoms with E-state index in [0.717, 1.165) is 30.0 Å². The van der Waals surface area contributed by atoms with Crippen LogP contribution in [0.4, 0.5) is 11.4 Å². The van der Waals surface area contributed by atoms with E-state index in [1.165, 1.54) is 0 Å². The standard InChI is InChI=1S/C11H11N3O.C5H13BO2/c12-8-5-6-3-1-2-4-7(6)9(10(8)13)11(14)15;1-2-3-4-5-6(7)8/h1-5H,12-13H2,(H2,14,15);7-8H,2-5H2,1H3. The second kappa shape index (κ2) is 9.02. The summed E-state index contributed by atoms with van der Waals surface area (Å²) in [6.45, 7) is 2.09. The van der Waals surface area contributed by atoms with Gasteiger partial charge in [0.15, 0.2) is 0 Å². The molecule has 6 nitrogen and oxygen atoms in total. The normalized spacial score (nSPS) is 10.0. The van der Waals surface area contributed by atoms with Crippen LogP contribution in [0.15, 0.2) is 30.3 Å². The smallest absolute Gasteiger partial charge is 0.427 e. The van der Waals surface area contributed by atoms with E-state index >= 15 is 0 Å². The highest BCUT2D eigenvalue weighted by molar-refractivity contribution is 6.40. The van der Waals surface area contributed by atoms with Crippen molar-refractivity contribution in [3.8, 4) is 0 Å². The first-order chi connectivity index (χ1) is 10.9. The molecule has 0 radical (unpaired) electrons. The van der Waals surface area contributed by atoms with Crippen molar-refractivity contribution in [2.45, 2.75) is 32.5 Å². The molecule has 0 saturated carbocycles. The number of hydrogen-bond donors (Lipinski definition) is 5. The Morgan fingerprint density at radius 2 is 1.83 bits per heavy atom. The first-order valence-corrected chi connectivity index (χ1v) is 7.61. The Labute approximate surface area is 136 Å². The highest BCUT2D eigenvalue weighted by Crippen LogP contribution is 2.29. The van der Waals surface area contributed by atoms with Gasteiger partial charge in [0.2, 0.25) is 0 Å². The van der Waals surface area contributed by atoms with Crippen molar-refractivity contribution in [2.24, 2.45) is 5.73 Å². The molecule has 0 heterocycles. The average molecular weight is 317 g/mol. The number of hydrogen-bond acceptors (Lipinski definition) is 5. The van der Waals surface area contributed by atoms with Gasteiger partial charge in [-0.25, -0.2) is 0 Å². The summed E-state index contributed by atoms with van der Waals surface area (Å²) in [6, 6.07) is 9.08. The number of fused-ring (bicyclic) bond motifs is 1. The van der Waals surface area contributed by atoms with Crippen LogP contribution in [0.1, 0.15) is 36.5 Å². The summed E-state index contributed by atoms with van der Waals surface area (Å²) in [5.74, 6) is -0.559. The molecule has 2 aromatic carbocycles. The highest BCUT2D eigenvalue weighted by Gasteiger charge is 2.13. The molecular weight excluding hydrogens is 293 g/mol. The van der Waals surface area contributed by atoms with E-state index in [9.17, 15) is 4.79 Å². The lowest BCUT2D eigenvalue weighted by Crippen LogP contribution is -2.15. The molecule has 0 spiro atoms. The average Bonchev–Trinajstić information content (AvgIpc) is 2.48. The zero-order valence-electron chi connectivity index (χ0n) is 13.3. The van der Waals surface area contributed by atoms with Crippen molar-refractivity contribution in [1.82, 2.24) is 0 Å². The topological polar surface area (TPSA) is 136 Å². The van der Waals surface area contributed by atoms with Crippen LogP contribution in [0, 0.1) is 0 Å². The second-order valence-electron chi connectivity index (χ2n) is 5.32. The van der Waals surface area contributed by atoms with Crippen molar-refractivity contribution < 1.29 is 14.8 Å². The van der Waals surface area contributed by atoms with Gasteiger partial charge in [0.25, 0.3) is 5.91 Å². The number of benzene rings is 2. The molecule has 0 saturated heterocycles. The lowest BCUT2D eigenvalue weighted by Gasteiger charge is -2.09. The molecular formula is C16H24BN3O3. The number of anilines is 2. The number of carbonyl (C=O) groups excluding carboxylic acids is 1. The lowest BCUT2D eigenvalue weighted by molar-refractivity contribution is 0.100. The molecule has 2 aromatic rings. The maximum absolute atomic E-state index is 11.3. The van der Waals surface area contributed by atoms with Gasteiger partial charge >= 0.3 is 7.12 Å². The fourth-order valence-electron chi connectivity index (χ4n) is 2.23. The van der Waals surface area contributed by atoms with Crippen molar-refractivity contribution in [1.29, 1.82) is 0 Å². The first kappa shape index (κ1) is 18.8. The SMILES string of the molecule is CCCCCB(O)O.NC(=O)c1c(N)c(N)cc2ccccc12. The monoisotopic (exact) mass is 317 g/mol. The Morgan fingerprint density at radius 1 is 1.17 bits per heavy atom. The summed E-state index contributed by atoms with van der Waals surface area (Å²) in [5, 5.41) is 18.3. The number of carbonyl (C=O) groups is 1. The molecule has 2 rings (SSSR count). The number of nitrogen functional groups attached to an aromatic ring is 2. The number of nitrogens with two attached hydrogens (primary N) is 3. The zero-order chi connectivity index (χ0) is 17.4. The van der Waals surface area contributed by atoms with Crippen LogP contribution in [0.5, 0.6) is 0 Å². The van der Waals surface area contributed by atoms with Gasteiger partial charge in [-0.3, -0.25) is 4.79 Å². The fraction of sp³-hybridized carbons (Fsp3) is 0.312. The molecule has 0 aliphatic rings. The summed E-state index contributed by atoms with van der Waals surface area (Å²) in [5.41, 5.74) is 17.6. The third kappa shape index (κ3) is 5.47. The third-order valence-electron chi connectivity index (χ3n) is 3.43. The van der Waals surface area contributed by atoms with E-state index in [4.69, 9.17) is 27.2 Å². The van der Waals surface area contributed by atoms with Crippen LogP contribution in [-0.2, 0) is 0 Å². The number of rotatable bonds is 5. The summed E-state index contributed by atoms with van der Waals surface area (Å²) in [4.78, 5) is 11.3. The molecule has 7 heteroatoms. The van der Waals surface area contributed by atoms with Crippen LogP contribution < -0.4 is 17.2 Å². The molecule has 0 aliphatic heterocycles. The largest absolute Gasteiger partial charge is 0.451 e. The van der Waals surface area contributed by atoms with Gasteiger partial charge in [0.05, 0.1) is 16.9 Å². The molecule has 23 heavy (non-hydrogen) atoms.